The van der Waals surface area contributed by atoms with Crippen LogP contribution in [0.3, 0.4) is 0 Å². The van der Waals surface area contributed by atoms with Crippen molar-refractivity contribution in [2.45, 2.75) is 13.3 Å². The highest BCUT2D eigenvalue weighted by molar-refractivity contribution is 6.03. The molecule has 1 aromatic heterocycles. The number of allylic oxidation sites excluding steroid dienone is 1. The topological polar surface area (TPSA) is 46.5 Å². The molecule has 21 heavy (non-hydrogen) atoms. The second-order valence-electron chi connectivity index (χ2n) is 4.34. The van der Waals surface area contributed by atoms with Crippen molar-refractivity contribution in [1.82, 2.24) is 4.98 Å². The smallest absolute Gasteiger partial charge is 0.219 e. The van der Waals surface area contributed by atoms with Crippen molar-refractivity contribution in [3.05, 3.63) is 60.8 Å². The number of pyridine rings is 1. The van der Waals surface area contributed by atoms with Gasteiger partial charge < -0.3 is 10.1 Å². The number of rotatable bonds is 5. The average molecular weight is 281 g/mol. The fraction of sp³-hybridized carbons (Fsp3) is 0.176. The van der Waals surface area contributed by atoms with Gasteiger partial charge in [-0.15, -0.1) is 0 Å². The van der Waals surface area contributed by atoms with Gasteiger partial charge in [0.2, 0.25) is 5.88 Å². The zero-order chi connectivity index (χ0) is 14.9. The van der Waals surface area contributed by atoms with Crippen LogP contribution in [0.15, 0.2) is 65.8 Å². The van der Waals surface area contributed by atoms with E-state index < -0.39 is 0 Å². The van der Waals surface area contributed by atoms with Crippen LogP contribution >= 0.6 is 0 Å². The first-order valence-electron chi connectivity index (χ1n) is 6.91. The summed E-state index contributed by atoms with van der Waals surface area (Å²) in [4.78, 5) is 8.31. The molecule has 0 spiro atoms. The molecule has 0 aliphatic rings. The number of nitrogens with one attached hydrogen (secondary N) is 1. The summed E-state index contributed by atoms with van der Waals surface area (Å²) in [7, 11) is 1.76. The number of benzene rings is 1. The summed E-state index contributed by atoms with van der Waals surface area (Å²) in [5, 5.41) is 3.25. The number of anilines is 1. The van der Waals surface area contributed by atoms with Crippen molar-refractivity contribution in [3.63, 3.8) is 0 Å². The van der Waals surface area contributed by atoms with Crippen molar-refractivity contribution in [1.29, 1.82) is 0 Å². The molecule has 0 saturated heterocycles. The Balaban J connectivity index is 2.00. The van der Waals surface area contributed by atoms with Crippen molar-refractivity contribution in [3.8, 4) is 11.6 Å². The molecule has 1 aromatic carbocycles. The van der Waals surface area contributed by atoms with Gasteiger partial charge in [-0.3, -0.25) is 4.99 Å². The van der Waals surface area contributed by atoms with E-state index in [-0.39, 0.29) is 0 Å². The summed E-state index contributed by atoms with van der Waals surface area (Å²) < 4.78 is 5.65. The molecule has 1 N–H and O–H groups in total. The minimum atomic E-state index is 0.583. The summed E-state index contributed by atoms with van der Waals surface area (Å²) in [6.07, 6.45) is 6.72. The van der Waals surface area contributed by atoms with Crippen molar-refractivity contribution >= 4 is 11.5 Å². The first-order chi connectivity index (χ1) is 10.3. The number of aliphatic imine (C=N–C) groups is 1. The van der Waals surface area contributed by atoms with E-state index in [2.05, 4.69) is 28.3 Å². The minimum Gasteiger partial charge on any atom is -0.439 e. The highest BCUT2D eigenvalue weighted by Crippen LogP contribution is 2.21. The number of ether oxygens (including phenoxy) is 1. The molecule has 2 rings (SSSR count). The molecule has 0 bridgehead atoms. The number of nitrogens with zero attached hydrogens (tertiary/aromatic N) is 2. The van der Waals surface area contributed by atoms with E-state index in [1.54, 1.807) is 13.2 Å². The monoisotopic (exact) mass is 281 g/mol. The van der Waals surface area contributed by atoms with Gasteiger partial charge >= 0.3 is 0 Å². The van der Waals surface area contributed by atoms with Crippen molar-refractivity contribution in [2.75, 3.05) is 12.4 Å². The average Bonchev–Trinajstić information content (AvgIpc) is 2.54. The summed E-state index contributed by atoms with van der Waals surface area (Å²) >= 11 is 0. The number of hydrogen-bond acceptors (Lipinski definition) is 3. The van der Waals surface area contributed by atoms with E-state index in [0.717, 1.165) is 23.7 Å². The van der Waals surface area contributed by atoms with Crippen LogP contribution in [0.5, 0.6) is 11.6 Å². The van der Waals surface area contributed by atoms with Crippen molar-refractivity contribution in [2.24, 2.45) is 4.99 Å². The summed E-state index contributed by atoms with van der Waals surface area (Å²) in [6.45, 7) is 2.09. The molecule has 0 unspecified atom stereocenters. The second kappa shape index (κ2) is 7.85. The van der Waals surface area contributed by atoms with E-state index in [9.17, 15) is 0 Å². The Bertz CT molecular complexity index is 604. The van der Waals surface area contributed by atoms with Gasteiger partial charge in [-0.1, -0.05) is 19.1 Å². The Kier molecular flexibility index (Phi) is 5.52. The predicted molar refractivity (Wildman–Crippen MR) is 87.2 cm³/mol. The first kappa shape index (κ1) is 14.8. The van der Waals surface area contributed by atoms with Gasteiger partial charge in [0, 0.05) is 25.0 Å². The fourth-order valence-corrected chi connectivity index (χ4v) is 1.68. The molecular weight excluding hydrogens is 262 g/mol. The van der Waals surface area contributed by atoms with Gasteiger partial charge in [-0.25, -0.2) is 4.98 Å². The van der Waals surface area contributed by atoms with Gasteiger partial charge in [-0.05, 0) is 42.8 Å². The lowest BCUT2D eigenvalue weighted by atomic mass is 10.3. The molecule has 0 radical (unpaired) electrons. The Morgan fingerprint density at radius 3 is 2.67 bits per heavy atom. The minimum absolute atomic E-state index is 0.583. The summed E-state index contributed by atoms with van der Waals surface area (Å²) in [6, 6.07) is 13.3. The highest BCUT2D eigenvalue weighted by Gasteiger charge is 1.99. The normalized spacial score (nSPS) is 11.6. The number of amidine groups is 1. The molecule has 2 aromatic rings. The van der Waals surface area contributed by atoms with Crippen LogP contribution < -0.4 is 10.1 Å². The third kappa shape index (κ3) is 4.76. The Hall–Kier alpha value is -2.62. The van der Waals surface area contributed by atoms with Gasteiger partial charge in [0.15, 0.2) is 0 Å². The maximum Gasteiger partial charge on any atom is 0.219 e. The van der Waals surface area contributed by atoms with Gasteiger partial charge in [0.25, 0.3) is 0 Å². The third-order valence-electron chi connectivity index (χ3n) is 2.74. The van der Waals surface area contributed by atoms with E-state index in [4.69, 9.17) is 4.74 Å². The molecule has 0 aliphatic heterocycles. The molecule has 0 saturated carbocycles. The van der Waals surface area contributed by atoms with Crippen LogP contribution in [0, 0.1) is 0 Å². The quantitative estimate of drug-likeness (QED) is 0.657. The molecule has 0 fully saturated rings. The van der Waals surface area contributed by atoms with Gasteiger partial charge in [0.1, 0.15) is 11.6 Å². The van der Waals surface area contributed by atoms with Gasteiger partial charge in [0.05, 0.1) is 0 Å². The lowest BCUT2D eigenvalue weighted by Crippen LogP contribution is -2.08. The van der Waals surface area contributed by atoms with E-state index in [1.165, 1.54) is 0 Å². The predicted octanol–water partition coefficient (Wildman–Crippen LogP) is 4.28. The number of hydrogen-bond donors (Lipinski definition) is 1. The van der Waals surface area contributed by atoms with E-state index in [1.807, 2.05) is 48.5 Å². The third-order valence-corrected chi connectivity index (χ3v) is 2.74. The van der Waals surface area contributed by atoms with Crippen molar-refractivity contribution < 1.29 is 4.74 Å². The Labute approximate surface area is 125 Å². The lowest BCUT2D eigenvalue weighted by molar-refractivity contribution is 0.463. The first-order valence-corrected chi connectivity index (χ1v) is 6.91. The lowest BCUT2D eigenvalue weighted by Gasteiger charge is -2.08. The molecule has 4 nitrogen and oxygen atoms in total. The maximum atomic E-state index is 5.65. The molecule has 0 amide bonds. The van der Waals surface area contributed by atoms with E-state index in [0.29, 0.717) is 5.88 Å². The SMILES string of the molecule is CC/C=C\C(=NC)Nc1ccc(Oc2ccccn2)cc1. The molecule has 0 atom stereocenters. The fourth-order valence-electron chi connectivity index (χ4n) is 1.68. The van der Waals surface area contributed by atoms with Crippen LogP contribution in [-0.2, 0) is 0 Å². The van der Waals surface area contributed by atoms with Gasteiger partial charge in [-0.2, -0.15) is 0 Å². The molecule has 108 valence electrons. The number of aromatic nitrogens is 1. The maximum absolute atomic E-state index is 5.65. The summed E-state index contributed by atoms with van der Waals surface area (Å²) in [5.74, 6) is 2.16. The van der Waals surface area contributed by atoms with Crippen LogP contribution in [0.4, 0.5) is 5.69 Å². The largest absolute Gasteiger partial charge is 0.439 e. The van der Waals surface area contributed by atoms with Crippen LogP contribution in [0.25, 0.3) is 0 Å². The Morgan fingerprint density at radius 2 is 2.05 bits per heavy atom. The zero-order valence-electron chi connectivity index (χ0n) is 12.3. The van der Waals surface area contributed by atoms with Crippen LogP contribution in [0.2, 0.25) is 0 Å². The molecular formula is C17H19N3O. The van der Waals surface area contributed by atoms with Crippen LogP contribution in [0.1, 0.15) is 13.3 Å². The van der Waals surface area contributed by atoms with E-state index >= 15 is 0 Å². The Morgan fingerprint density at radius 1 is 1.24 bits per heavy atom. The molecule has 0 aliphatic carbocycles. The highest BCUT2D eigenvalue weighted by atomic mass is 16.5. The molecule has 1 heterocycles. The second-order valence-corrected chi connectivity index (χ2v) is 4.34. The van der Waals surface area contributed by atoms with Crippen LogP contribution in [-0.4, -0.2) is 17.9 Å². The zero-order valence-corrected chi connectivity index (χ0v) is 12.3. The summed E-state index contributed by atoms with van der Waals surface area (Å²) in [5.41, 5.74) is 0.963. The standard InChI is InChI=1S/C17H19N3O/c1-3-4-7-16(18-2)20-14-9-11-15(12-10-14)21-17-8-5-6-13-19-17/h4-13H,3H2,1-2H3,(H,18,20)/b7-4-. The molecule has 4 heteroatoms.